The molecule has 0 spiro atoms. The predicted octanol–water partition coefficient (Wildman–Crippen LogP) is 3.36. The Morgan fingerprint density at radius 1 is 1.24 bits per heavy atom. The molecule has 1 aromatic rings. The molecule has 114 valence electrons. The van der Waals surface area contributed by atoms with Crippen LogP contribution in [0.15, 0.2) is 29.2 Å². The highest BCUT2D eigenvalue weighted by molar-refractivity contribution is 8.00. The zero-order valence-corrected chi connectivity index (χ0v) is 13.8. The van der Waals surface area contributed by atoms with Crippen molar-refractivity contribution in [2.45, 2.75) is 41.9 Å². The van der Waals surface area contributed by atoms with E-state index in [0.29, 0.717) is 0 Å². The lowest BCUT2D eigenvalue weighted by molar-refractivity contribution is -0.117. The average Bonchev–Trinajstić information content (AvgIpc) is 3.03. The number of amides is 1. The van der Waals surface area contributed by atoms with Crippen LogP contribution in [0.5, 0.6) is 0 Å². The molecule has 1 unspecified atom stereocenters. The Hall–Kier alpha value is -0.650. The van der Waals surface area contributed by atoms with Gasteiger partial charge >= 0.3 is 0 Å². The molecule has 3 nitrogen and oxygen atoms in total. The molecule has 5 heteroatoms. The van der Waals surface area contributed by atoms with Crippen LogP contribution < -0.4 is 10.6 Å². The highest BCUT2D eigenvalue weighted by atomic mass is 32.2. The summed E-state index contributed by atoms with van der Waals surface area (Å²) in [4.78, 5) is 13.5. The van der Waals surface area contributed by atoms with E-state index in [4.69, 9.17) is 0 Å². The van der Waals surface area contributed by atoms with E-state index in [-0.39, 0.29) is 11.9 Å². The van der Waals surface area contributed by atoms with Crippen LogP contribution in [0.2, 0.25) is 0 Å². The molecular formula is C16H22N2OS2. The van der Waals surface area contributed by atoms with Crippen LogP contribution in [0.4, 0.5) is 5.69 Å². The zero-order chi connectivity index (χ0) is 14.5. The van der Waals surface area contributed by atoms with Crippen LogP contribution in [0.1, 0.15) is 25.7 Å². The second-order valence-electron chi connectivity index (χ2n) is 5.62. The number of benzene rings is 1. The highest BCUT2D eigenvalue weighted by Crippen LogP contribution is 2.34. The summed E-state index contributed by atoms with van der Waals surface area (Å²) >= 11 is 3.81. The summed E-state index contributed by atoms with van der Waals surface area (Å²) in [6, 6.07) is 8.23. The summed E-state index contributed by atoms with van der Waals surface area (Å²) in [7, 11) is 0. The summed E-state index contributed by atoms with van der Waals surface area (Å²) < 4.78 is 0. The van der Waals surface area contributed by atoms with E-state index in [2.05, 4.69) is 22.8 Å². The Morgan fingerprint density at radius 2 is 2.00 bits per heavy atom. The SMILES string of the molecule is O=C(Nc1ccc(SC2CCCC2)cc1)C1CSCCN1. The molecule has 1 aromatic carbocycles. The molecule has 1 amide bonds. The summed E-state index contributed by atoms with van der Waals surface area (Å²) in [6.45, 7) is 0.916. The van der Waals surface area contributed by atoms with E-state index in [9.17, 15) is 4.79 Å². The summed E-state index contributed by atoms with van der Waals surface area (Å²) in [5, 5.41) is 7.06. The minimum absolute atomic E-state index is 0.0590. The van der Waals surface area contributed by atoms with E-state index in [1.165, 1.54) is 30.6 Å². The molecule has 3 rings (SSSR count). The van der Waals surface area contributed by atoms with Crippen molar-refractivity contribution < 1.29 is 4.79 Å². The lowest BCUT2D eigenvalue weighted by Crippen LogP contribution is -2.46. The first-order chi connectivity index (χ1) is 10.3. The van der Waals surface area contributed by atoms with Crippen molar-refractivity contribution in [1.29, 1.82) is 0 Å². The van der Waals surface area contributed by atoms with Gasteiger partial charge in [-0.15, -0.1) is 11.8 Å². The molecule has 1 saturated heterocycles. The van der Waals surface area contributed by atoms with Gasteiger partial charge in [-0.3, -0.25) is 4.79 Å². The highest BCUT2D eigenvalue weighted by Gasteiger charge is 2.21. The van der Waals surface area contributed by atoms with Crippen LogP contribution in [-0.4, -0.2) is 35.2 Å². The second-order valence-corrected chi connectivity index (χ2v) is 8.14. The first kappa shape index (κ1) is 15.3. The largest absolute Gasteiger partial charge is 0.325 e. The van der Waals surface area contributed by atoms with Gasteiger partial charge in [0.1, 0.15) is 0 Å². The van der Waals surface area contributed by atoms with Crippen LogP contribution in [0, 0.1) is 0 Å². The van der Waals surface area contributed by atoms with Crippen molar-refractivity contribution in [3.8, 4) is 0 Å². The van der Waals surface area contributed by atoms with Crippen molar-refractivity contribution in [2.75, 3.05) is 23.4 Å². The fourth-order valence-electron chi connectivity index (χ4n) is 2.78. The van der Waals surface area contributed by atoms with Gasteiger partial charge in [0.15, 0.2) is 0 Å². The molecule has 2 fully saturated rings. The van der Waals surface area contributed by atoms with Crippen LogP contribution in [0.25, 0.3) is 0 Å². The normalized spacial score (nSPS) is 23.1. The van der Waals surface area contributed by atoms with E-state index < -0.39 is 0 Å². The fraction of sp³-hybridized carbons (Fsp3) is 0.562. The molecule has 0 aromatic heterocycles. The number of rotatable bonds is 4. The molecule has 1 aliphatic heterocycles. The topological polar surface area (TPSA) is 41.1 Å². The van der Waals surface area contributed by atoms with Gasteiger partial charge in [0.05, 0.1) is 6.04 Å². The standard InChI is InChI=1S/C16H22N2OS2/c19-16(15-11-20-10-9-17-15)18-12-5-7-14(8-6-12)21-13-3-1-2-4-13/h5-8,13,15,17H,1-4,9-11H2,(H,18,19). The minimum Gasteiger partial charge on any atom is -0.325 e. The molecule has 0 radical (unpaired) electrons. The van der Waals surface area contributed by atoms with E-state index >= 15 is 0 Å². The maximum atomic E-state index is 12.1. The smallest absolute Gasteiger partial charge is 0.242 e. The summed E-state index contributed by atoms with van der Waals surface area (Å²) in [5.41, 5.74) is 0.896. The van der Waals surface area contributed by atoms with Crippen LogP contribution >= 0.6 is 23.5 Å². The lowest BCUT2D eigenvalue weighted by atomic mass is 10.2. The Balaban J connectivity index is 1.52. The van der Waals surface area contributed by atoms with E-state index in [1.54, 1.807) is 0 Å². The van der Waals surface area contributed by atoms with Gasteiger partial charge in [-0.1, -0.05) is 12.8 Å². The first-order valence-electron chi connectivity index (χ1n) is 7.70. The van der Waals surface area contributed by atoms with Gasteiger partial charge in [0.2, 0.25) is 5.91 Å². The van der Waals surface area contributed by atoms with Crippen molar-refractivity contribution in [3.05, 3.63) is 24.3 Å². The summed E-state index contributed by atoms with van der Waals surface area (Å²) in [5.74, 6) is 2.04. The van der Waals surface area contributed by atoms with Crippen LogP contribution in [-0.2, 0) is 4.79 Å². The Bertz CT molecular complexity index is 466. The number of carbonyl (C=O) groups excluding carboxylic acids is 1. The molecule has 21 heavy (non-hydrogen) atoms. The third kappa shape index (κ3) is 4.41. The number of carbonyl (C=O) groups is 1. The number of anilines is 1. The monoisotopic (exact) mass is 322 g/mol. The van der Waals surface area contributed by atoms with Crippen molar-refractivity contribution in [3.63, 3.8) is 0 Å². The van der Waals surface area contributed by atoms with E-state index in [1.807, 2.05) is 35.7 Å². The third-order valence-corrected chi connectivity index (χ3v) is 6.38. The molecule has 1 saturated carbocycles. The molecule has 1 atom stereocenters. The molecule has 1 aliphatic carbocycles. The second kappa shape index (κ2) is 7.56. The quantitative estimate of drug-likeness (QED) is 0.892. The maximum absolute atomic E-state index is 12.1. The van der Waals surface area contributed by atoms with Gasteiger partial charge in [-0.25, -0.2) is 0 Å². The number of nitrogens with one attached hydrogen (secondary N) is 2. The fourth-order valence-corrected chi connectivity index (χ4v) is 4.96. The Morgan fingerprint density at radius 3 is 2.67 bits per heavy atom. The Kier molecular flexibility index (Phi) is 5.49. The maximum Gasteiger partial charge on any atom is 0.242 e. The average molecular weight is 322 g/mol. The number of thioether (sulfide) groups is 2. The van der Waals surface area contributed by atoms with Gasteiger partial charge in [0.25, 0.3) is 0 Å². The van der Waals surface area contributed by atoms with Gasteiger partial charge in [-0.05, 0) is 37.1 Å². The van der Waals surface area contributed by atoms with Crippen molar-refractivity contribution in [1.82, 2.24) is 5.32 Å². The first-order valence-corrected chi connectivity index (χ1v) is 9.73. The van der Waals surface area contributed by atoms with Crippen LogP contribution in [0.3, 0.4) is 0 Å². The lowest BCUT2D eigenvalue weighted by Gasteiger charge is -2.22. The predicted molar refractivity (Wildman–Crippen MR) is 92.3 cm³/mol. The van der Waals surface area contributed by atoms with Crippen molar-refractivity contribution in [2.24, 2.45) is 0 Å². The van der Waals surface area contributed by atoms with Gasteiger partial charge in [-0.2, -0.15) is 11.8 Å². The van der Waals surface area contributed by atoms with Gasteiger partial charge < -0.3 is 10.6 Å². The number of hydrogen-bond donors (Lipinski definition) is 2. The minimum atomic E-state index is -0.0590. The third-order valence-electron chi connectivity index (χ3n) is 3.96. The molecule has 0 bridgehead atoms. The molecule has 2 N–H and O–H groups in total. The van der Waals surface area contributed by atoms with Crippen molar-refractivity contribution >= 4 is 35.1 Å². The zero-order valence-electron chi connectivity index (χ0n) is 12.1. The molecule has 1 heterocycles. The van der Waals surface area contributed by atoms with Gasteiger partial charge in [0, 0.05) is 33.9 Å². The molecule has 2 aliphatic rings. The summed E-state index contributed by atoms with van der Waals surface area (Å²) in [6.07, 6.45) is 5.43. The Labute approximate surface area is 135 Å². The number of hydrogen-bond acceptors (Lipinski definition) is 4. The molecular weight excluding hydrogens is 300 g/mol. The van der Waals surface area contributed by atoms with E-state index in [0.717, 1.165) is 29.0 Å².